The van der Waals surface area contributed by atoms with Gasteiger partial charge in [0.1, 0.15) is 23.4 Å². The standard InChI is InChI=1S/C20H18N6O3/c1-25-9-11-7-15-17(18-22-19(29-24-18)20(27)5-6-20)21-10-26(15)14-4-3-12(28-2)8-13(14)16(11)23-25/h3-4,8-10,27H,5-7H2,1-2H3. The lowest BCUT2D eigenvalue weighted by Gasteiger charge is -2.11. The maximum atomic E-state index is 10.3. The van der Waals surface area contributed by atoms with E-state index in [0.29, 0.717) is 30.8 Å². The number of nitrogens with zero attached hydrogens (tertiary/aromatic N) is 6. The molecule has 0 radical (unpaired) electrons. The minimum atomic E-state index is -0.971. The Morgan fingerprint density at radius 1 is 1.24 bits per heavy atom. The summed E-state index contributed by atoms with van der Waals surface area (Å²) in [5.41, 5.74) is 4.54. The van der Waals surface area contributed by atoms with Crippen LogP contribution in [0.4, 0.5) is 0 Å². The van der Waals surface area contributed by atoms with E-state index in [1.54, 1.807) is 13.4 Å². The molecule has 1 saturated carbocycles. The van der Waals surface area contributed by atoms with Gasteiger partial charge in [-0.15, -0.1) is 0 Å². The highest BCUT2D eigenvalue weighted by atomic mass is 16.5. The Hall–Kier alpha value is -3.46. The molecule has 1 aliphatic carbocycles. The third kappa shape index (κ3) is 2.37. The summed E-state index contributed by atoms with van der Waals surface area (Å²) in [5, 5.41) is 19.0. The fourth-order valence-corrected chi connectivity index (χ4v) is 3.89. The molecule has 1 fully saturated rings. The Balaban J connectivity index is 1.55. The SMILES string of the molecule is COc1ccc2c(c1)-c1nn(C)cc1Cc1c(-c3noc(C4(O)CC4)n3)ncn1-2. The van der Waals surface area contributed by atoms with Crippen molar-refractivity contribution in [1.82, 2.24) is 29.5 Å². The monoisotopic (exact) mass is 390 g/mol. The topological polar surface area (TPSA) is 104 Å². The largest absolute Gasteiger partial charge is 0.497 e. The van der Waals surface area contributed by atoms with E-state index in [2.05, 4.69) is 20.2 Å². The van der Waals surface area contributed by atoms with Gasteiger partial charge in [-0.3, -0.25) is 4.68 Å². The highest BCUT2D eigenvalue weighted by Gasteiger charge is 2.48. The van der Waals surface area contributed by atoms with Gasteiger partial charge >= 0.3 is 0 Å². The summed E-state index contributed by atoms with van der Waals surface area (Å²) in [7, 11) is 3.56. The fourth-order valence-electron chi connectivity index (χ4n) is 3.89. The zero-order valence-corrected chi connectivity index (χ0v) is 16.0. The van der Waals surface area contributed by atoms with Gasteiger partial charge in [0.15, 0.2) is 0 Å². The van der Waals surface area contributed by atoms with Crippen LogP contribution in [-0.4, -0.2) is 41.7 Å². The van der Waals surface area contributed by atoms with Crippen molar-refractivity contribution in [2.75, 3.05) is 7.11 Å². The Bertz CT molecular complexity index is 1260. The smallest absolute Gasteiger partial charge is 0.258 e. The molecule has 9 heteroatoms. The Morgan fingerprint density at radius 2 is 2.10 bits per heavy atom. The number of hydrogen-bond donors (Lipinski definition) is 1. The summed E-state index contributed by atoms with van der Waals surface area (Å²) in [6.07, 6.45) is 5.68. The van der Waals surface area contributed by atoms with Crippen molar-refractivity contribution in [1.29, 1.82) is 0 Å². The highest BCUT2D eigenvalue weighted by molar-refractivity contribution is 5.77. The number of hydrogen-bond acceptors (Lipinski definition) is 7. The molecule has 146 valence electrons. The van der Waals surface area contributed by atoms with Crippen LogP contribution in [-0.2, 0) is 19.1 Å². The van der Waals surface area contributed by atoms with Crippen molar-refractivity contribution in [3.05, 3.63) is 47.9 Å². The molecule has 0 amide bonds. The van der Waals surface area contributed by atoms with Crippen LogP contribution in [0.1, 0.15) is 30.0 Å². The predicted octanol–water partition coefficient (Wildman–Crippen LogP) is 2.22. The number of imidazole rings is 1. The lowest BCUT2D eigenvalue weighted by molar-refractivity contribution is 0.108. The molecule has 0 saturated heterocycles. The molecule has 1 aliphatic heterocycles. The first-order valence-electron chi connectivity index (χ1n) is 9.40. The van der Waals surface area contributed by atoms with Crippen molar-refractivity contribution in [2.45, 2.75) is 24.9 Å². The molecule has 2 aliphatic rings. The number of methoxy groups -OCH3 is 1. The Labute approximate surface area is 165 Å². The van der Waals surface area contributed by atoms with Gasteiger partial charge in [-0.05, 0) is 31.0 Å². The Morgan fingerprint density at radius 3 is 2.90 bits per heavy atom. The third-order valence-corrected chi connectivity index (χ3v) is 5.61. The molecule has 9 nitrogen and oxygen atoms in total. The number of benzene rings is 1. The average molecular weight is 390 g/mol. The van der Waals surface area contributed by atoms with Gasteiger partial charge in [0.05, 0.1) is 24.2 Å². The first-order valence-corrected chi connectivity index (χ1v) is 9.40. The van der Waals surface area contributed by atoms with Crippen LogP contribution in [0.3, 0.4) is 0 Å². The van der Waals surface area contributed by atoms with Crippen LogP contribution in [0.2, 0.25) is 0 Å². The summed E-state index contributed by atoms with van der Waals surface area (Å²) >= 11 is 0. The number of fused-ring (bicyclic) bond motifs is 5. The molecule has 0 atom stereocenters. The van der Waals surface area contributed by atoms with Crippen molar-refractivity contribution >= 4 is 0 Å². The van der Waals surface area contributed by atoms with E-state index in [0.717, 1.165) is 34.0 Å². The third-order valence-electron chi connectivity index (χ3n) is 5.61. The number of ether oxygens (including phenoxy) is 1. The lowest BCUT2D eigenvalue weighted by atomic mass is 10.0. The average Bonchev–Trinajstić information content (AvgIpc) is 3.09. The van der Waals surface area contributed by atoms with Crippen LogP contribution in [0, 0.1) is 0 Å². The van der Waals surface area contributed by atoms with Gasteiger partial charge < -0.3 is 18.9 Å². The fraction of sp³-hybridized carbons (Fsp3) is 0.300. The molecule has 6 rings (SSSR count). The van der Waals surface area contributed by atoms with Crippen molar-refractivity contribution in [3.63, 3.8) is 0 Å². The van der Waals surface area contributed by atoms with E-state index in [-0.39, 0.29) is 5.89 Å². The molecule has 1 N–H and O–H groups in total. The maximum Gasteiger partial charge on any atom is 0.258 e. The lowest BCUT2D eigenvalue weighted by Crippen LogP contribution is -2.04. The normalized spacial score (nSPS) is 16.0. The molecule has 3 aromatic heterocycles. The van der Waals surface area contributed by atoms with Gasteiger partial charge in [-0.2, -0.15) is 10.1 Å². The molecular weight excluding hydrogens is 372 g/mol. The zero-order valence-electron chi connectivity index (χ0n) is 16.0. The summed E-state index contributed by atoms with van der Waals surface area (Å²) in [4.78, 5) is 9.01. The number of aromatic nitrogens is 6. The second-order valence-corrected chi connectivity index (χ2v) is 7.60. The van der Waals surface area contributed by atoms with Gasteiger partial charge in [0, 0.05) is 30.8 Å². The van der Waals surface area contributed by atoms with Crippen molar-refractivity contribution < 1.29 is 14.4 Å². The van der Waals surface area contributed by atoms with Gasteiger partial charge in [0.2, 0.25) is 5.82 Å². The first-order chi connectivity index (χ1) is 14.1. The second-order valence-electron chi connectivity index (χ2n) is 7.60. The van der Waals surface area contributed by atoms with E-state index >= 15 is 0 Å². The quantitative estimate of drug-likeness (QED) is 0.504. The molecular formula is C20H18N6O3. The van der Waals surface area contributed by atoms with E-state index < -0.39 is 5.60 Å². The second kappa shape index (κ2) is 5.54. The summed E-state index contributed by atoms with van der Waals surface area (Å²) in [5.74, 6) is 1.41. The van der Waals surface area contributed by atoms with Crippen molar-refractivity contribution in [3.8, 4) is 34.2 Å². The van der Waals surface area contributed by atoms with Crippen LogP contribution >= 0.6 is 0 Å². The van der Waals surface area contributed by atoms with E-state index in [1.807, 2.05) is 40.7 Å². The van der Waals surface area contributed by atoms with Gasteiger partial charge in [-0.25, -0.2) is 4.98 Å². The van der Waals surface area contributed by atoms with E-state index in [9.17, 15) is 5.11 Å². The highest BCUT2D eigenvalue weighted by Crippen LogP contribution is 2.45. The number of aliphatic hydroxyl groups is 1. The molecule has 0 spiro atoms. The number of aryl methyl sites for hydroxylation is 1. The van der Waals surface area contributed by atoms with Crippen LogP contribution < -0.4 is 4.74 Å². The minimum Gasteiger partial charge on any atom is -0.497 e. The number of rotatable bonds is 3. The molecule has 4 aromatic rings. The summed E-state index contributed by atoms with van der Waals surface area (Å²) < 4.78 is 14.6. The minimum absolute atomic E-state index is 0.259. The van der Waals surface area contributed by atoms with Crippen LogP contribution in [0.15, 0.2) is 35.2 Å². The van der Waals surface area contributed by atoms with Gasteiger partial charge in [-0.1, -0.05) is 5.16 Å². The molecule has 0 bridgehead atoms. The summed E-state index contributed by atoms with van der Waals surface area (Å²) in [6.45, 7) is 0. The summed E-state index contributed by atoms with van der Waals surface area (Å²) in [6, 6.07) is 5.91. The van der Waals surface area contributed by atoms with Crippen LogP contribution in [0.5, 0.6) is 5.75 Å². The van der Waals surface area contributed by atoms with Crippen LogP contribution in [0.25, 0.3) is 28.5 Å². The zero-order chi connectivity index (χ0) is 19.8. The van der Waals surface area contributed by atoms with Crippen molar-refractivity contribution in [2.24, 2.45) is 7.05 Å². The van der Waals surface area contributed by atoms with E-state index in [4.69, 9.17) is 9.26 Å². The molecule has 1 aromatic carbocycles. The van der Waals surface area contributed by atoms with Gasteiger partial charge in [0.25, 0.3) is 5.89 Å². The molecule has 4 heterocycles. The molecule has 0 unspecified atom stereocenters. The maximum absolute atomic E-state index is 10.3. The first kappa shape index (κ1) is 16.5. The molecule has 29 heavy (non-hydrogen) atoms. The van der Waals surface area contributed by atoms with E-state index in [1.165, 1.54) is 0 Å². The Kier molecular flexibility index (Phi) is 3.15. The predicted molar refractivity (Wildman–Crippen MR) is 102 cm³/mol.